The lowest BCUT2D eigenvalue weighted by molar-refractivity contribution is -0.137. The van der Waals surface area contributed by atoms with E-state index in [4.69, 9.17) is 0 Å². The van der Waals surface area contributed by atoms with Crippen molar-refractivity contribution in [2.45, 2.75) is 18.0 Å². The molecule has 0 saturated heterocycles. The predicted octanol–water partition coefficient (Wildman–Crippen LogP) is 2.60. The average Bonchev–Trinajstić information content (AvgIpc) is 2.97. The highest BCUT2D eigenvalue weighted by molar-refractivity contribution is 7.91. The molecule has 3 heterocycles. The summed E-state index contributed by atoms with van der Waals surface area (Å²) in [6, 6.07) is 3.70. The molecule has 0 unspecified atom stereocenters. The fraction of sp³-hybridized carbons (Fsp3) is 0.214. The fourth-order valence-corrected chi connectivity index (χ4v) is 3.18. The van der Waals surface area contributed by atoms with Gasteiger partial charge in [-0.25, -0.2) is 17.9 Å². The summed E-state index contributed by atoms with van der Waals surface area (Å²) in [4.78, 5) is 8.04. The highest BCUT2D eigenvalue weighted by Crippen LogP contribution is 2.30. The number of imidazole rings is 1. The second kappa shape index (κ2) is 5.55. The summed E-state index contributed by atoms with van der Waals surface area (Å²) in [5.41, 5.74) is -0.771. The van der Waals surface area contributed by atoms with Crippen molar-refractivity contribution in [2.75, 3.05) is 5.75 Å². The Kier molecular flexibility index (Phi) is 3.78. The van der Waals surface area contributed by atoms with E-state index in [1.807, 2.05) is 0 Å². The van der Waals surface area contributed by atoms with Crippen LogP contribution < -0.4 is 0 Å². The van der Waals surface area contributed by atoms with Crippen molar-refractivity contribution >= 4 is 15.5 Å². The Labute approximate surface area is 134 Å². The lowest BCUT2D eigenvalue weighted by Crippen LogP contribution is -2.06. The number of rotatable bonds is 3. The Morgan fingerprint density at radius 3 is 2.71 bits per heavy atom. The molecule has 10 heteroatoms. The molecule has 0 saturated carbocycles. The third-order valence-electron chi connectivity index (χ3n) is 3.38. The molecule has 0 aliphatic rings. The molecule has 3 rings (SSSR count). The number of fused-ring (bicyclic) bond motifs is 1. The van der Waals surface area contributed by atoms with Gasteiger partial charge in [0.25, 0.3) is 0 Å². The van der Waals surface area contributed by atoms with Gasteiger partial charge in [-0.3, -0.25) is 4.98 Å². The summed E-state index contributed by atoms with van der Waals surface area (Å²) in [5, 5.41) is 3.66. The average molecular weight is 356 g/mol. The number of hydrogen-bond donors (Lipinski definition) is 0. The zero-order valence-corrected chi connectivity index (χ0v) is 13.1. The van der Waals surface area contributed by atoms with Gasteiger partial charge in [0.2, 0.25) is 0 Å². The van der Waals surface area contributed by atoms with Crippen LogP contribution in [0.25, 0.3) is 17.0 Å². The van der Waals surface area contributed by atoms with Gasteiger partial charge in [0, 0.05) is 6.20 Å². The summed E-state index contributed by atoms with van der Waals surface area (Å²) in [6.07, 6.45) is -1.13. The Balaban J connectivity index is 2.18. The Morgan fingerprint density at radius 1 is 1.29 bits per heavy atom. The van der Waals surface area contributed by atoms with Gasteiger partial charge in [-0.2, -0.15) is 18.3 Å². The molecular formula is C14H11F3N4O2S. The first-order valence-corrected chi connectivity index (χ1v) is 8.48. The monoisotopic (exact) mass is 356 g/mol. The zero-order valence-electron chi connectivity index (χ0n) is 12.3. The van der Waals surface area contributed by atoms with Crippen LogP contribution in [0.4, 0.5) is 13.2 Å². The third-order valence-corrected chi connectivity index (χ3v) is 5.14. The van der Waals surface area contributed by atoms with Gasteiger partial charge in [0.05, 0.1) is 28.6 Å². The minimum atomic E-state index is -4.54. The fourth-order valence-electron chi connectivity index (χ4n) is 2.14. The molecule has 0 fully saturated rings. The van der Waals surface area contributed by atoms with Gasteiger partial charge < -0.3 is 0 Å². The molecule has 0 bridgehead atoms. The Morgan fingerprint density at radius 2 is 2.04 bits per heavy atom. The van der Waals surface area contributed by atoms with Crippen molar-refractivity contribution < 1.29 is 21.6 Å². The molecular weight excluding hydrogens is 345 g/mol. The predicted molar refractivity (Wildman–Crippen MR) is 78.9 cm³/mol. The number of hydrogen-bond acceptors (Lipinski definition) is 5. The lowest BCUT2D eigenvalue weighted by Gasteiger charge is -2.05. The van der Waals surface area contributed by atoms with Gasteiger partial charge in [-0.1, -0.05) is 6.92 Å². The van der Waals surface area contributed by atoms with Crippen LogP contribution in [0.1, 0.15) is 12.5 Å². The molecule has 0 atom stereocenters. The topological polar surface area (TPSA) is 77.2 Å². The molecule has 0 aliphatic heterocycles. The molecule has 24 heavy (non-hydrogen) atoms. The molecule has 3 aromatic rings. The Bertz CT molecular complexity index is 1010. The van der Waals surface area contributed by atoms with Crippen molar-refractivity contribution in [2.24, 2.45) is 0 Å². The van der Waals surface area contributed by atoms with Crippen LogP contribution in [0, 0.1) is 0 Å². The second-order valence-corrected chi connectivity index (χ2v) is 7.17. The normalized spacial score (nSPS) is 12.7. The smallest absolute Gasteiger partial charge is 0.253 e. The van der Waals surface area contributed by atoms with Crippen LogP contribution in [0.3, 0.4) is 0 Å². The highest BCUT2D eigenvalue weighted by Gasteiger charge is 2.31. The standard InChI is InChI=1S/C14H11F3N4O2S/c1-2-24(22,23)11-4-3-5-18-13(11)10-8-21-12(20-10)6-9(7-19-21)14(15,16)17/h3-8H,2H2,1H3. The summed E-state index contributed by atoms with van der Waals surface area (Å²) < 4.78 is 63.7. The molecule has 0 N–H and O–H groups in total. The zero-order chi connectivity index (χ0) is 17.5. The number of halogens is 3. The quantitative estimate of drug-likeness (QED) is 0.721. The van der Waals surface area contributed by atoms with E-state index >= 15 is 0 Å². The van der Waals surface area contributed by atoms with Gasteiger partial charge >= 0.3 is 6.18 Å². The Hall–Kier alpha value is -2.49. The highest BCUT2D eigenvalue weighted by atomic mass is 32.2. The molecule has 0 spiro atoms. The first-order valence-electron chi connectivity index (χ1n) is 6.83. The molecule has 0 amide bonds. The number of nitrogens with zero attached hydrogens (tertiary/aromatic N) is 4. The van der Waals surface area contributed by atoms with Gasteiger partial charge in [0.1, 0.15) is 11.4 Å². The minimum absolute atomic E-state index is 0.0213. The number of alkyl halides is 3. The summed E-state index contributed by atoms with van der Waals surface area (Å²) in [7, 11) is -3.56. The van der Waals surface area contributed by atoms with Crippen LogP contribution in [0.2, 0.25) is 0 Å². The van der Waals surface area contributed by atoms with E-state index in [1.165, 1.54) is 31.5 Å². The maximum absolute atomic E-state index is 12.7. The van der Waals surface area contributed by atoms with Gasteiger partial charge in [-0.15, -0.1) is 0 Å². The third kappa shape index (κ3) is 2.84. The van der Waals surface area contributed by atoms with Gasteiger partial charge in [0.15, 0.2) is 15.5 Å². The SMILES string of the molecule is CCS(=O)(=O)c1cccnc1-c1cn2ncc(C(F)(F)F)cc2n1. The number of pyridine rings is 1. The van der Waals surface area contributed by atoms with E-state index in [-0.39, 0.29) is 27.7 Å². The van der Waals surface area contributed by atoms with Crippen LogP contribution in [0.15, 0.2) is 41.7 Å². The van der Waals surface area contributed by atoms with E-state index in [1.54, 1.807) is 0 Å². The molecule has 3 aromatic heterocycles. The molecule has 0 aliphatic carbocycles. The number of sulfone groups is 1. The molecule has 0 radical (unpaired) electrons. The van der Waals surface area contributed by atoms with Crippen LogP contribution >= 0.6 is 0 Å². The largest absolute Gasteiger partial charge is 0.418 e. The van der Waals surface area contributed by atoms with Crippen LogP contribution in [-0.4, -0.2) is 33.8 Å². The van der Waals surface area contributed by atoms with Crippen molar-refractivity contribution in [3.05, 3.63) is 42.4 Å². The van der Waals surface area contributed by atoms with Crippen molar-refractivity contribution in [1.82, 2.24) is 19.6 Å². The van der Waals surface area contributed by atoms with Crippen molar-refractivity contribution in [1.29, 1.82) is 0 Å². The lowest BCUT2D eigenvalue weighted by atomic mass is 10.3. The van der Waals surface area contributed by atoms with E-state index < -0.39 is 21.6 Å². The maximum Gasteiger partial charge on any atom is 0.418 e. The summed E-state index contributed by atoms with van der Waals surface area (Å²) in [5.74, 6) is -0.129. The van der Waals surface area contributed by atoms with Crippen LogP contribution in [0.5, 0.6) is 0 Å². The second-order valence-electron chi connectivity index (χ2n) is 4.92. The summed E-state index contributed by atoms with van der Waals surface area (Å²) in [6.45, 7) is 1.49. The molecule has 6 nitrogen and oxygen atoms in total. The van der Waals surface area contributed by atoms with E-state index in [0.717, 1.165) is 10.6 Å². The van der Waals surface area contributed by atoms with Gasteiger partial charge in [-0.05, 0) is 18.2 Å². The van der Waals surface area contributed by atoms with E-state index in [2.05, 4.69) is 15.1 Å². The maximum atomic E-state index is 12.7. The van der Waals surface area contributed by atoms with Crippen LogP contribution in [-0.2, 0) is 16.0 Å². The summed E-state index contributed by atoms with van der Waals surface area (Å²) >= 11 is 0. The van der Waals surface area contributed by atoms with Crippen molar-refractivity contribution in [3.8, 4) is 11.4 Å². The minimum Gasteiger partial charge on any atom is -0.253 e. The van der Waals surface area contributed by atoms with Crippen molar-refractivity contribution in [3.63, 3.8) is 0 Å². The van der Waals surface area contributed by atoms with E-state index in [9.17, 15) is 21.6 Å². The number of aromatic nitrogens is 4. The first kappa shape index (κ1) is 16.4. The first-order chi connectivity index (χ1) is 11.2. The molecule has 0 aromatic carbocycles. The molecule has 126 valence electrons. The van der Waals surface area contributed by atoms with E-state index in [0.29, 0.717) is 6.20 Å².